The van der Waals surface area contributed by atoms with Crippen molar-refractivity contribution >= 4 is 5.97 Å². The Labute approximate surface area is 96.4 Å². The first-order valence-corrected chi connectivity index (χ1v) is 4.84. The van der Waals surface area contributed by atoms with Gasteiger partial charge in [0.2, 0.25) is 0 Å². The molecule has 94 valence electrons. The number of methoxy groups -OCH3 is 1. The van der Waals surface area contributed by atoms with E-state index in [-0.39, 0.29) is 12.0 Å². The van der Waals surface area contributed by atoms with Gasteiger partial charge in [0, 0.05) is 0 Å². The van der Waals surface area contributed by atoms with Crippen LogP contribution >= 0.6 is 0 Å². The molecule has 0 saturated heterocycles. The van der Waals surface area contributed by atoms with Gasteiger partial charge in [0.15, 0.2) is 0 Å². The lowest BCUT2D eigenvalue weighted by Gasteiger charge is -2.15. The van der Waals surface area contributed by atoms with Gasteiger partial charge in [0.1, 0.15) is 6.04 Å². The summed E-state index contributed by atoms with van der Waals surface area (Å²) in [6.07, 6.45) is -4.66. The standard InChI is InChI=1S/C11H12F3NO2/c1-17-10(16)9(15)6-7-4-2-3-5-8(7)11(12,13)14/h2-5,9H,6,15H2,1H3. The van der Waals surface area contributed by atoms with Crippen LogP contribution in [-0.4, -0.2) is 19.1 Å². The van der Waals surface area contributed by atoms with Crippen LogP contribution in [0.1, 0.15) is 11.1 Å². The van der Waals surface area contributed by atoms with Gasteiger partial charge < -0.3 is 10.5 Å². The third-order valence-corrected chi connectivity index (χ3v) is 2.27. The number of halogens is 3. The molecule has 0 aliphatic rings. The van der Waals surface area contributed by atoms with Gasteiger partial charge in [0.05, 0.1) is 12.7 Å². The van der Waals surface area contributed by atoms with E-state index in [1.807, 2.05) is 0 Å². The summed E-state index contributed by atoms with van der Waals surface area (Å²) in [6.45, 7) is 0. The average molecular weight is 247 g/mol. The first-order valence-electron chi connectivity index (χ1n) is 4.84. The minimum absolute atomic E-state index is 0.0158. The second kappa shape index (κ2) is 5.18. The van der Waals surface area contributed by atoms with Gasteiger partial charge >= 0.3 is 12.1 Å². The largest absolute Gasteiger partial charge is 0.468 e. The van der Waals surface area contributed by atoms with Crippen molar-refractivity contribution in [3.63, 3.8) is 0 Å². The Morgan fingerprint density at radius 3 is 2.53 bits per heavy atom. The molecule has 0 heterocycles. The van der Waals surface area contributed by atoms with Gasteiger partial charge in [-0.25, -0.2) is 0 Å². The molecule has 0 aliphatic carbocycles. The van der Waals surface area contributed by atoms with E-state index >= 15 is 0 Å². The van der Waals surface area contributed by atoms with Crippen molar-refractivity contribution in [3.8, 4) is 0 Å². The Bertz CT molecular complexity index is 404. The molecule has 0 amide bonds. The van der Waals surface area contributed by atoms with E-state index < -0.39 is 23.8 Å². The fourth-order valence-electron chi connectivity index (χ4n) is 1.45. The van der Waals surface area contributed by atoms with Crippen LogP contribution in [0.25, 0.3) is 0 Å². The van der Waals surface area contributed by atoms with Crippen molar-refractivity contribution in [2.24, 2.45) is 5.73 Å². The average Bonchev–Trinajstić information content (AvgIpc) is 2.27. The zero-order chi connectivity index (χ0) is 13.1. The maximum atomic E-state index is 12.6. The highest BCUT2D eigenvalue weighted by molar-refractivity contribution is 5.75. The summed E-state index contributed by atoms with van der Waals surface area (Å²) in [7, 11) is 1.14. The Hall–Kier alpha value is -1.56. The lowest BCUT2D eigenvalue weighted by molar-refractivity contribution is -0.143. The molecule has 1 aromatic rings. The molecular weight excluding hydrogens is 235 g/mol. The summed E-state index contributed by atoms with van der Waals surface area (Å²) < 4.78 is 42.2. The maximum absolute atomic E-state index is 12.6. The molecule has 0 fully saturated rings. The van der Waals surface area contributed by atoms with E-state index in [9.17, 15) is 18.0 Å². The Morgan fingerprint density at radius 1 is 1.41 bits per heavy atom. The zero-order valence-electron chi connectivity index (χ0n) is 9.12. The quantitative estimate of drug-likeness (QED) is 0.828. The number of rotatable bonds is 3. The monoisotopic (exact) mass is 247 g/mol. The maximum Gasteiger partial charge on any atom is 0.416 e. The SMILES string of the molecule is COC(=O)C(N)Cc1ccccc1C(F)(F)F. The minimum Gasteiger partial charge on any atom is -0.468 e. The molecule has 6 heteroatoms. The second-order valence-corrected chi connectivity index (χ2v) is 3.49. The van der Waals surface area contributed by atoms with Gasteiger partial charge in [-0.2, -0.15) is 13.2 Å². The molecule has 17 heavy (non-hydrogen) atoms. The van der Waals surface area contributed by atoms with E-state index in [0.29, 0.717) is 0 Å². The van der Waals surface area contributed by atoms with E-state index in [0.717, 1.165) is 13.2 Å². The number of carbonyl (C=O) groups is 1. The summed E-state index contributed by atoms with van der Waals surface area (Å²) in [5.74, 6) is -0.734. The molecule has 1 rings (SSSR count). The van der Waals surface area contributed by atoms with E-state index in [1.165, 1.54) is 18.2 Å². The molecule has 3 nitrogen and oxygen atoms in total. The van der Waals surface area contributed by atoms with Crippen molar-refractivity contribution in [1.82, 2.24) is 0 Å². The van der Waals surface area contributed by atoms with Crippen molar-refractivity contribution in [3.05, 3.63) is 35.4 Å². The highest BCUT2D eigenvalue weighted by Gasteiger charge is 2.33. The number of nitrogens with two attached hydrogens (primary N) is 1. The first-order chi connectivity index (χ1) is 7.86. The number of hydrogen-bond donors (Lipinski definition) is 1. The summed E-state index contributed by atoms with van der Waals surface area (Å²) in [5, 5.41) is 0. The summed E-state index contributed by atoms with van der Waals surface area (Å²) >= 11 is 0. The molecule has 0 bridgehead atoms. The Kier molecular flexibility index (Phi) is 4.11. The summed E-state index contributed by atoms with van der Waals surface area (Å²) in [6, 6.07) is 3.92. The fourth-order valence-corrected chi connectivity index (χ4v) is 1.45. The van der Waals surface area contributed by atoms with Crippen LogP contribution in [0, 0.1) is 0 Å². The number of carbonyl (C=O) groups excluding carboxylic acids is 1. The van der Waals surface area contributed by atoms with Crippen LogP contribution in [0.3, 0.4) is 0 Å². The molecule has 0 aromatic heterocycles. The lowest BCUT2D eigenvalue weighted by Crippen LogP contribution is -2.34. The highest BCUT2D eigenvalue weighted by Crippen LogP contribution is 2.32. The fraction of sp³-hybridized carbons (Fsp3) is 0.364. The number of esters is 1. The molecule has 1 aromatic carbocycles. The second-order valence-electron chi connectivity index (χ2n) is 3.49. The van der Waals surface area contributed by atoms with Crippen LogP contribution in [0.4, 0.5) is 13.2 Å². The molecule has 1 unspecified atom stereocenters. The predicted octanol–water partition coefficient (Wildman–Crippen LogP) is 1.75. The van der Waals surface area contributed by atoms with Crippen molar-refractivity contribution < 1.29 is 22.7 Å². The number of alkyl halides is 3. The van der Waals surface area contributed by atoms with Gasteiger partial charge in [-0.3, -0.25) is 4.79 Å². The Morgan fingerprint density at radius 2 is 2.00 bits per heavy atom. The molecule has 0 aliphatic heterocycles. The lowest BCUT2D eigenvalue weighted by atomic mass is 10.0. The van der Waals surface area contributed by atoms with Gasteiger partial charge in [-0.1, -0.05) is 18.2 Å². The van der Waals surface area contributed by atoms with E-state index in [2.05, 4.69) is 4.74 Å². The Balaban J connectivity index is 2.95. The van der Waals surface area contributed by atoms with Gasteiger partial charge in [-0.15, -0.1) is 0 Å². The molecule has 1 atom stereocenters. The van der Waals surface area contributed by atoms with Crippen LogP contribution in [0.2, 0.25) is 0 Å². The topological polar surface area (TPSA) is 52.3 Å². The van der Waals surface area contributed by atoms with Crippen LogP contribution < -0.4 is 5.73 Å². The molecule has 2 N–H and O–H groups in total. The molecule has 0 spiro atoms. The third kappa shape index (κ3) is 3.45. The van der Waals surface area contributed by atoms with Crippen molar-refractivity contribution in [2.75, 3.05) is 7.11 Å². The smallest absolute Gasteiger partial charge is 0.416 e. The van der Waals surface area contributed by atoms with Gasteiger partial charge in [0.25, 0.3) is 0 Å². The number of ether oxygens (including phenoxy) is 1. The predicted molar refractivity (Wildman–Crippen MR) is 55.1 cm³/mol. The normalized spacial score (nSPS) is 13.2. The third-order valence-electron chi connectivity index (χ3n) is 2.27. The van der Waals surface area contributed by atoms with Crippen LogP contribution in [0.15, 0.2) is 24.3 Å². The molecular formula is C11H12F3NO2. The van der Waals surface area contributed by atoms with Crippen molar-refractivity contribution in [2.45, 2.75) is 18.6 Å². The highest BCUT2D eigenvalue weighted by atomic mass is 19.4. The van der Waals surface area contributed by atoms with Crippen LogP contribution in [0.5, 0.6) is 0 Å². The van der Waals surface area contributed by atoms with E-state index in [4.69, 9.17) is 5.73 Å². The number of benzene rings is 1. The summed E-state index contributed by atoms with van der Waals surface area (Å²) in [5.41, 5.74) is 4.64. The number of hydrogen-bond acceptors (Lipinski definition) is 3. The first kappa shape index (κ1) is 13.5. The van der Waals surface area contributed by atoms with Gasteiger partial charge in [-0.05, 0) is 18.1 Å². The van der Waals surface area contributed by atoms with Crippen molar-refractivity contribution in [1.29, 1.82) is 0 Å². The summed E-state index contributed by atoms with van der Waals surface area (Å²) in [4.78, 5) is 11.0. The van der Waals surface area contributed by atoms with Crippen LogP contribution in [-0.2, 0) is 22.1 Å². The minimum atomic E-state index is -4.45. The molecule has 0 saturated carbocycles. The molecule has 0 radical (unpaired) electrons. The van der Waals surface area contributed by atoms with E-state index in [1.54, 1.807) is 0 Å². The zero-order valence-corrected chi connectivity index (χ0v) is 9.12.